The number of hydrogen-bond donors (Lipinski definition) is 3. The number of aliphatic hydroxyl groups is 1. The Hall–Kier alpha value is -3.51. The van der Waals surface area contributed by atoms with E-state index in [-0.39, 0.29) is 6.61 Å². The van der Waals surface area contributed by atoms with Crippen molar-refractivity contribution >= 4 is 17.3 Å². The van der Waals surface area contributed by atoms with Crippen molar-refractivity contribution in [1.29, 1.82) is 5.26 Å². The van der Waals surface area contributed by atoms with Crippen LogP contribution in [0, 0.1) is 11.3 Å². The van der Waals surface area contributed by atoms with Gasteiger partial charge in [0.2, 0.25) is 5.95 Å². The summed E-state index contributed by atoms with van der Waals surface area (Å²) in [5, 5.41) is 26.7. The van der Waals surface area contributed by atoms with Crippen LogP contribution in [0.25, 0.3) is 11.3 Å². The van der Waals surface area contributed by atoms with Crippen molar-refractivity contribution in [1.82, 2.24) is 14.9 Å². The molecule has 1 atom stereocenters. The van der Waals surface area contributed by atoms with Crippen molar-refractivity contribution in [3.8, 4) is 17.3 Å². The standard InChI is InChI=1S/C30H36N6O2/c1-30(19-37)18-33-28-24(17-31)14-23(15-25(28)30)26-6-9-32-29(34-26)35-27-16-21-8-11-36(2)10-7-20(21)13-22(27)5-4-12-38-3/h6,9,13-16,33,37H,4-5,7-8,10-12,18-19H2,1-3H3,(H,32,34,35). The first-order valence-electron chi connectivity index (χ1n) is 13.3. The fraction of sp³-hybridized carbons (Fsp3) is 0.433. The van der Waals surface area contributed by atoms with Crippen LogP contribution < -0.4 is 10.6 Å². The minimum Gasteiger partial charge on any atom is -0.395 e. The zero-order valence-electron chi connectivity index (χ0n) is 22.5. The van der Waals surface area contributed by atoms with Gasteiger partial charge in [-0.25, -0.2) is 9.97 Å². The summed E-state index contributed by atoms with van der Waals surface area (Å²) in [5.41, 5.74) is 8.48. The quantitative estimate of drug-likeness (QED) is 0.388. The molecule has 0 aliphatic carbocycles. The van der Waals surface area contributed by atoms with Crippen LogP contribution in [0.2, 0.25) is 0 Å². The Bertz CT molecular complexity index is 1370. The molecule has 0 amide bonds. The lowest BCUT2D eigenvalue weighted by Gasteiger charge is -2.21. The first-order chi connectivity index (χ1) is 18.4. The Labute approximate surface area is 224 Å². The number of likely N-dealkylation sites (N-methyl/N-ethyl adjacent to an activating group) is 1. The van der Waals surface area contributed by atoms with Crippen LogP contribution >= 0.6 is 0 Å². The number of aryl methyl sites for hydroxylation is 1. The Morgan fingerprint density at radius 2 is 2.00 bits per heavy atom. The van der Waals surface area contributed by atoms with Gasteiger partial charge in [0.15, 0.2) is 0 Å². The summed E-state index contributed by atoms with van der Waals surface area (Å²) in [6.07, 6.45) is 5.66. The molecule has 0 fully saturated rings. The molecule has 3 N–H and O–H groups in total. The molecule has 5 rings (SSSR count). The molecule has 3 aromatic rings. The highest BCUT2D eigenvalue weighted by Gasteiger charge is 2.36. The lowest BCUT2D eigenvalue weighted by atomic mass is 9.83. The van der Waals surface area contributed by atoms with Crippen LogP contribution in [0.5, 0.6) is 0 Å². The Morgan fingerprint density at radius 1 is 1.21 bits per heavy atom. The van der Waals surface area contributed by atoms with E-state index in [9.17, 15) is 10.4 Å². The number of fused-ring (bicyclic) bond motifs is 2. The molecular weight excluding hydrogens is 476 g/mol. The van der Waals surface area contributed by atoms with E-state index in [1.54, 1.807) is 13.3 Å². The first kappa shape index (κ1) is 26.1. The molecule has 0 bridgehead atoms. The lowest BCUT2D eigenvalue weighted by molar-refractivity contribution is 0.195. The Morgan fingerprint density at radius 3 is 2.74 bits per heavy atom. The fourth-order valence-electron chi connectivity index (χ4n) is 5.43. The molecule has 8 heteroatoms. The molecule has 0 saturated carbocycles. The summed E-state index contributed by atoms with van der Waals surface area (Å²) in [6.45, 7) is 5.42. The maximum Gasteiger partial charge on any atom is 0.227 e. The number of methoxy groups -OCH3 is 1. The molecule has 0 saturated heterocycles. The molecule has 2 aromatic carbocycles. The molecule has 0 spiro atoms. The summed E-state index contributed by atoms with van der Waals surface area (Å²) in [4.78, 5) is 11.8. The van der Waals surface area contributed by atoms with Gasteiger partial charge < -0.3 is 25.4 Å². The van der Waals surface area contributed by atoms with Crippen LogP contribution in [0.4, 0.5) is 17.3 Å². The van der Waals surface area contributed by atoms with Crippen molar-refractivity contribution in [3.05, 3.63) is 64.3 Å². The summed E-state index contributed by atoms with van der Waals surface area (Å²) in [5.74, 6) is 0.517. The number of aliphatic hydroxyl groups excluding tert-OH is 1. The van der Waals surface area contributed by atoms with Gasteiger partial charge in [-0.1, -0.05) is 13.0 Å². The average molecular weight is 513 g/mol. The molecule has 198 valence electrons. The zero-order chi connectivity index (χ0) is 26.7. The second kappa shape index (κ2) is 11.1. The van der Waals surface area contributed by atoms with Gasteiger partial charge in [0, 0.05) is 56.2 Å². The summed E-state index contributed by atoms with van der Waals surface area (Å²) in [7, 11) is 3.92. The number of hydrogen-bond acceptors (Lipinski definition) is 8. The van der Waals surface area contributed by atoms with E-state index in [2.05, 4.69) is 45.8 Å². The maximum absolute atomic E-state index is 10.1. The fourth-order valence-corrected chi connectivity index (χ4v) is 5.43. The highest BCUT2D eigenvalue weighted by atomic mass is 16.5. The van der Waals surface area contributed by atoms with Gasteiger partial charge in [-0.05, 0) is 79.3 Å². The van der Waals surface area contributed by atoms with Gasteiger partial charge in [0.25, 0.3) is 0 Å². The number of anilines is 3. The van der Waals surface area contributed by atoms with E-state index >= 15 is 0 Å². The smallest absolute Gasteiger partial charge is 0.227 e. The number of rotatable bonds is 8. The van der Waals surface area contributed by atoms with Gasteiger partial charge in [0.05, 0.1) is 23.6 Å². The number of benzene rings is 2. The van der Waals surface area contributed by atoms with Crippen molar-refractivity contribution in [2.75, 3.05) is 57.6 Å². The molecule has 8 nitrogen and oxygen atoms in total. The second-order valence-electron chi connectivity index (χ2n) is 10.7. The third-order valence-electron chi connectivity index (χ3n) is 7.86. The molecule has 0 radical (unpaired) electrons. The molecule has 2 aliphatic heterocycles. The van der Waals surface area contributed by atoms with Crippen LogP contribution in [-0.2, 0) is 29.4 Å². The van der Waals surface area contributed by atoms with Gasteiger partial charge in [-0.2, -0.15) is 5.26 Å². The highest BCUT2D eigenvalue weighted by molar-refractivity contribution is 5.76. The molecule has 1 aromatic heterocycles. The first-order valence-corrected chi connectivity index (χ1v) is 13.3. The van der Waals surface area contributed by atoms with Crippen LogP contribution in [0.1, 0.15) is 41.2 Å². The van der Waals surface area contributed by atoms with Gasteiger partial charge in [-0.15, -0.1) is 0 Å². The van der Waals surface area contributed by atoms with E-state index in [0.29, 0.717) is 24.7 Å². The maximum atomic E-state index is 10.1. The molecule has 38 heavy (non-hydrogen) atoms. The predicted octanol–water partition coefficient (Wildman–Crippen LogP) is 4.04. The minimum absolute atomic E-state index is 0.00211. The van der Waals surface area contributed by atoms with Crippen LogP contribution in [0.3, 0.4) is 0 Å². The minimum atomic E-state index is -0.446. The van der Waals surface area contributed by atoms with Crippen LogP contribution in [-0.4, -0.2) is 67.0 Å². The van der Waals surface area contributed by atoms with Gasteiger partial charge in [-0.3, -0.25) is 0 Å². The topological polar surface area (TPSA) is 106 Å². The third kappa shape index (κ3) is 5.23. The van der Waals surface area contributed by atoms with E-state index in [4.69, 9.17) is 9.72 Å². The molecular formula is C30H36N6O2. The van der Waals surface area contributed by atoms with E-state index in [1.807, 2.05) is 25.1 Å². The number of ether oxygens (including phenoxy) is 1. The van der Waals surface area contributed by atoms with Crippen LogP contribution in [0.15, 0.2) is 36.5 Å². The second-order valence-corrected chi connectivity index (χ2v) is 10.7. The van der Waals surface area contributed by atoms with Crippen molar-refractivity contribution in [2.45, 2.75) is 38.0 Å². The highest BCUT2D eigenvalue weighted by Crippen LogP contribution is 2.41. The van der Waals surface area contributed by atoms with Crippen molar-refractivity contribution in [3.63, 3.8) is 0 Å². The number of aromatic nitrogens is 2. The van der Waals surface area contributed by atoms with E-state index in [1.165, 1.54) is 16.7 Å². The zero-order valence-corrected chi connectivity index (χ0v) is 22.5. The molecule has 1 unspecified atom stereocenters. The van der Waals surface area contributed by atoms with Crippen molar-refractivity contribution in [2.24, 2.45) is 0 Å². The molecule has 2 aliphatic rings. The third-order valence-corrected chi connectivity index (χ3v) is 7.86. The summed E-state index contributed by atoms with van der Waals surface area (Å²) in [6, 6.07) is 12.7. The largest absolute Gasteiger partial charge is 0.395 e. The van der Waals surface area contributed by atoms with Gasteiger partial charge in [0.1, 0.15) is 6.07 Å². The normalized spacial score (nSPS) is 18.7. The Kier molecular flexibility index (Phi) is 7.61. The average Bonchev–Trinajstić information content (AvgIpc) is 3.17. The Balaban J connectivity index is 1.49. The number of nitriles is 1. The monoisotopic (exact) mass is 512 g/mol. The van der Waals surface area contributed by atoms with E-state index in [0.717, 1.165) is 67.0 Å². The van der Waals surface area contributed by atoms with Crippen molar-refractivity contribution < 1.29 is 9.84 Å². The summed E-state index contributed by atoms with van der Waals surface area (Å²) >= 11 is 0. The number of nitrogens with one attached hydrogen (secondary N) is 2. The molecule has 3 heterocycles. The van der Waals surface area contributed by atoms with Gasteiger partial charge >= 0.3 is 0 Å². The SMILES string of the molecule is COCCCc1cc2c(cc1Nc1nccc(-c3cc(C#N)c4c(c3)C(C)(CO)CN4)n1)CCN(C)CC2. The lowest BCUT2D eigenvalue weighted by Crippen LogP contribution is -2.28. The van der Waals surface area contributed by atoms with E-state index < -0.39 is 5.41 Å². The number of nitrogens with zero attached hydrogens (tertiary/aromatic N) is 4. The predicted molar refractivity (Wildman–Crippen MR) is 150 cm³/mol. The summed E-state index contributed by atoms with van der Waals surface area (Å²) < 4.78 is 5.31.